The van der Waals surface area contributed by atoms with Crippen LogP contribution in [0.25, 0.3) is 5.69 Å². The van der Waals surface area contributed by atoms with E-state index in [0.29, 0.717) is 23.1 Å². The summed E-state index contributed by atoms with van der Waals surface area (Å²) in [5.74, 6) is 0.642. The third-order valence-electron chi connectivity index (χ3n) is 7.75. The highest BCUT2D eigenvalue weighted by molar-refractivity contribution is 7.99. The molecule has 4 unspecified atom stereocenters. The monoisotopic (exact) mass is 638 g/mol. The number of aromatic hydroxyl groups is 1. The van der Waals surface area contributed by atoms with Gasteiger partial charge in [-0.25, -0.2) is 4.79 Å². The van der Waals surface area contributed by atoms with Gasteiger partial charge in [0.15, 0.2) is 6.29 Å². The molecule has 236 valence electrons. The minimum Gasteiger partial charge on any atom is -0.508 e. The number of carbonyl (C=O) groups excluding carboxylic acids is 1. The maximum atomic E-state index is 12.7. The summed E-state index contributed by atoms with van der Waals surface area (Å²) < 4.78 is 14.8. The third kappa shape index (κ3) is 7.54. The molecule has 0 radical (unpaired) electrons. The fourth-order valence-corrected chi connectivity index (χ4v) is 6.26. The normalized spacial score (nSPS) is 19.4. The Balaban J connectivity index is 1.20. The highest BCUT2D eigenvalue weighted by atomic mass is 32.2. The lowest BCUT2D eigenvalue weighted by Crippen LogP contribution is -2.38. The summed E-state index contributed by atoms with van der Waals surface area (Å²) in [6, 6.07) is 31.2. The predicted molar refractivity (Wildman–Crippen MR) is 173 cm³/mol. The summed E-state index contributed by atoms with van der Waals surface area (Å²) in [6.07, 6.45) is -1.29. The van der Waals surface area contributed by atoms with E-state index in [9.17, 15) is 15.0 Å². The Hall–Kier alpha value is -4.75. The summed E-state index contributed by atoms with van der Waals surface area (Å²) in [4.78, 5) is 12.7. The fourth-order valence-electron chi connectivity index (χ4n) is 5.21. The highest BCUT2D eigenvalue weighted by Gasteiger charge is 2.38. The molecule has 1 fully saturated rings. The molecular weight excluding hydrogens is 604 g/mol. The van der Waals surface area contributed by atoms with Crippen molar-refractivity contribution in [3.8, 4) is 11.4 Å². The molecule has 5 aromatic rings. The van der Waals surface area contributed by atoms with Crippen LogP contribution in [0.3, 0.4) is 0 Å². The van der Waals surface area contributed by atoms with Crippen LogP contribution in [0.1, 0.15) is 41.6 Å². The van der Waals surface area contributed by atoms with E-state index < -0.39 is 6.29 Å². The van der Waals surface area contributed by atoms with Crippen molar-refractivity contribution >= 4 is 23.5 Å². The fraction of sp³-hybridized carbons (Fsp3) is 0.235. The van der Waals surface area contributed by atoms with Crippen molar-refractivity contribution < 1.29 is 24.5 Å². The van der Waals surface area contributed by atoms with Gasteiger partial charge in [-0.1, -0.05) is 85.4 Å². The van der Waals surface area contributed by atoms with Gasteiger partial charge in [0, 0.05) is 29.5 Å². The number of aliphatic hydroxyl groups is 1. The first-order valence-electron chi connectivity index (χ1n) is 14.9. The maximum absolute atomic E-state index is 12.7. The largest absolute Gasteiger partial charge is 0.508 e. The van der Waals surface area contributed by atoms with E-state index >= 15 is 0 Å². The van der Waals surface area contributed by atoms with Crippen molar-refractivity contribution in [2.24, 2.45) is 5.92 Å². The number of carbonyl (C=O) groups is 1. The second kappa shape index (κ2) is 14.6. The van der Waals surface area contributed by atoms with E-state index in [1.807, 2.05) is 78.9 Å². The minimum atomic E-state index is -0.716. The van der Waals surface area contributed by atoms with E-state index in [2.05, 4.69) is 33.1 Å². The quantitative estimate of drug-likeness (QED) is 0.140. The van der Waals surface area contributed by atoms with E-state index in [1.54, 1.807) is 28.9 Å². The zero-order valence-corrected chi connectivity index (χ0v) is 25.9. The van der Waals surface area contributed by atoms with Crippen LogP contribution in [0.15, 0.2) is 108 Å². The number of phenolic OH excluding ortho intramolecular Hbond substituents is 1. The second-order valence-electron chi connectivity index (χ2n) is 10.9. The van der Waals surface area contributed by atoms with Gasteiger partial charge in [-0.3, -0.25) is 0 Å². The van der Waals surface area contributed by atoms with Crippen LogP contribution in [0.5, 0.6) is 5.75 Å². The number of phenols is 1. The number of hydrogen-bond donors (Lipinski definition) is 4. The molecule has 1 saturated heterocycles. The molecule has 4 aromatic carbocycles. The number of hydrogen-bond acceptors (Lipinski definition) is 9. The Morgan fingerprint density at radius 1 is 0.913 bits per heavy atom. The van der Waals surface area contributed by atoms with Crippen LogP contribution >= 0.6 is 11.8 Å². The van der Waals surface area contributed by atoms with Crippen molar-refractivity contribution in [2.75, 3.05) is 11.1 Å². The zero-order valence-electron chi connectivity index (χ0n) is 25.1. The molecule has 1 aromatic heterocycles. The van der Waals surface area contributed by atoms with Gasteiger partial charge in [0.2, 0.25) is 5.16 Å². The standard InChI is InChI=1S/C34H34N6O5S/c1-22-30(21-46-34-37-38-39-40(34)28-14-16-29(42)17-15-28)44-32(45-31(22)25-12-10-24(20-41)11-13-25)26-8-5-9-27(18-26)36-33(43)35-19-23-6-3-2-4-7-23/h2-18,22,30-32,41-42H,19-21H2,1H3,(H2,35,36,43). The third-order valence-corrected chi connectivity index (χ3v) is 8.76. The summed E-state index contributed by atoms with van der Waals surface area (Å²) in [5, 5.41) is 37.8. The van der Waals surface area contributed by atoms with E-state index in [1.165, 1.54) is 11.8 Å². The lowest BCUT2D eigenvalue weighted by molar-refractivity contribution is -0.268. The molecule has 0 spiro atoms. The number of aliphatic hydroxyl groups excluding tert-OH is 1. The van der Waals surface area contributed by atoms with Crippen molar-refractivity contribution in [2.45, 2.75) is 43.7 Å². The van der Waals surface area contributed by atoms with Gasteiger partial charge in [-0.05, 0) is 63.5 Å². The molecule has 12 heteroatoms. The molecule has 4 atom stereocenters. The van der Waals surface area contributed by atoms with Gasteiger partial charge in [0.1, 0.15) is 5.75 Å². The lowest BCUT2D eigenvalue weighted by atomic mass is 9.91. The van der Waals surface area contributed by atoms with Crippen molar-refractivity contribution in [1.82, 2.24) is 25.5 Å². The molecule has 0 saturated carbocycles. The SMILES string of the molecule is CC1C(CSc2nnnn2-c2ccc(O)cc2)OC(c2cccc(NC(=O)NCc3ccccc3)c2)OC1c1ccc(CO)cc1. The molecule has 1 aliphatic heterocycles. The van der Waals surface area contributed by atoms with Crippen LogP contribution in [0.4, 0.5) is 10.5 Å². The van der Waals surface area contributed by atoms with E-state index in [4.69, 9.17) is 9.47 Å². The van der Waals surface area contributed by atoms with Gasteiger partial charge >= 0.3 is 6.03 Å². The number of thioether (sulfide) groups is 1. The van der Waals surface area contributed by atoms with Gasteiger partial charge in [0.05, 0.1) is 24.5 Å². The molecular formula is C34H34N6O5S. The van der Waals surface area contributed by atoms with Gasteiger partial charge < -0.3 is 30.3 Å². The van der Waals surface area contributed by atoms with E-state index in [0.717, 1.165) is 27.9 Å². The van der Waals surface area contributed by atoms with Crippen LogP contribution in [0, 0.1) is 5.92 Å². The molecule has 0 aliphatic carbocycles. The minimum absolute atomic E-state index is 0.0408. The Bertz CT molecular complexity index is 1740. The Morgan fingerprint density at radius 3 is 2.46 bits per heavy atom. The molecule has 6 rings (SSSR count). The van der Waals surface area contributed by atoms with Crippen molar-refractivity contribution in [1.29, 1.82) is 0 Å². The molecule has 1 aliphatic rings. The van der Waals surface area contributed by atoms with Crippen LogP contribution < -0.4 is 10.6 Å². The van der Waals surface area contributed by atoms with Gasteiger partial charge in [-0.15, -0.1) is 5.10 Å². The van der Waals surface area contributed by atoms with Crippen LogP contribution in [0.2, 0.25) is 0 Å². The number of rotatable bonds is 10. The first-order chi connectivity index (χ1) is 22.5. The predicted octanol–water partition coefficient (Wildman–Crippen LogP) is 5.77. The van der Waals surface area contributed by atoms with E-state index in [-0.39, 0.29) is 36.5 Å². The summed E-state index contributed by atoms with van der Waals surface area (Å²) in [6.45, 7) is 2.45. The van der Waals surface area contributed by atoms with Crippen LogP contribution in [-0.2, 0) is 22.6 Å². The highest BCUT2D eigenvalue weighted by Crippen LogP contribution is 2.43. The number of tetrazole rings is 1. The Labute approximate surface area is 270 Å². The number of anilines is 1. The second-order valence-corrected chi connectivity index (χ2v) is 11.9. The molecule has 4 N–H and O–H groups in total. The maximum Gasteiger partial charge on any atom is 0.319 e. The topological polar surface area (TPSA) is 144 Å². The number of benzene rings is 4. The first-order valence-corrected chi connectivity index (χ1v) is 15.9. The smallest absolute Gasteiger partial charge is 0.319 e. The number of urea groups is 1. The molecule has 46 heavy (non-hydrogen) atoms. The number of nitrogens with zero attached hydrogens (tertiary/aromatic N) is 4. The van der Waals surface area contributed by atoms with Crippen molar-refractivity contribution in [3.05, 3.63) is 125 Å². The lowest BCUT2D eigenvalue weighted by Gasteiger charge is -2.41. The number of nitrogens with one attached hydrogen (secondary N) is 2. The van der Waals surface area contributed by atoms with Gasteiger partial charge in [-0.2, -0.15) is 4.68 Å². The Kier molecular flexibility index (Phi) is 9.89. The average Bonchev–Trinajstić information content (AvgIpc) is 3.56. The number of amides is 2. The molecule has 0 bridgehead atoms. The molecule has 11 nitrogen and oxygen atoms in total. The summed E-state index contributed by atoms with van der Waals surface area (Å²) in [7, 11) is 0. The van der Waals surface area contributed by atoms with Crippen molar-refractivity contribution in [3.63, 3.8) is 0 Å². The zero-order chi connectivity index (χ0) is 31.9. The van der Waals surface area contributed by atoms with Crippen LogP contribution in [-0.4, -0.2) is 48.3 Å². The summed E-state index contributed by atoms with van der Waals surface area (Å²) in [5.41, 5.74) is 4.88. The first kappa shape index (κ1) is 31.2. The molecule has 2 heterocycles. The van der Waals surface area contributed by atoms with Gasteiger partial charge in [0.25, 0.3) is 0 Å². The average molecular weight is 639 g/mol. The number of ether oxygens (including phenoxy) is 2. The number of aromatic nitrogens is 4. The molecule has 2 amide bonds. The Morgan fingerprint density at radius 2 is 1.70 bits per heavy atom. The summed E-state index contributed by atoms with van der Waals surface area (Å²) >= 11 is 1.46.